The fraction of sp³-hybridized carbons (Fsp3) is 0.0714. The maximum atomic E-state index is 13.7. The van der Waals surface area contributed by atoms with Crippen molar-refractivity contribution in [2.45, 2.75) is 6.54 Å². The molecule has 1 aliphatic heterocycles. The minimum atomic E-state index is -0.542. The van der Waals surface area contributed by atoms with Gasteiger partial charge in [-0.2, -0.15) is 0 Å². The molecule has 0 radical (unpaired) electrons. The summed E-state index contributed by atoms with van der Waals surface area (Å²) in [6.45, 7) is -0.104. The third-order valence-electron chi connectivity index (χ3n) is 3.23. The molecule has 0 spiro atoms. The maximum absolute atomic E-state index is 13.7. The molecule has 2 heterocycles. The largest absolute Gasteiger partial charge is 0.326 e. The Hall–Kier alpha value is -2.60. The Balaban J connectivity index is 2.17. The number of anilines is 1. The van der Waals surface area contributed by atoms with Gasteiger partial charge in [0, 0.05) is 24.5 Å². The topological polar surface area (TPSA) is 76.3 Å². The van der Waals surface area contributed by atoms with Crippen molar-refractivity contribution in [2.75, 3.05) is 4.90 Å². The minimum Gasteiger partial charge on any atom is -0.326 e. The van der Waals surface area contributed by atoms with E-state index < -0.39 is 17.6 Å². The van der Waals surface area contributed by atoms with Crippen LogP contribution in [0.3, 0.4) is 0 Å². The summed E-state index contributed by atoms with van der Waals surface area (Å²) in [5, 5.41) is 0. The van der Waals surface area contributed by atoms with Crippen LogP contribution in [0, 0.1) is 5.82 Å². The molecule has 2 aromatic rings. The van der Waals surface area contributed by atoms with Crippen molar-refractivity contribution < 1.29 is 14.0 Å². The van der Waals surface area contributed by atoms with Gasteiger partial charge in [0.05, 0.1) is 16.8 Å². The molecule has 0 fully saturated rings. The number of hydrogen-bond donors (Lipinski definition) is 1. The number of rotatable bonds is 2. The summed E-state index contributed by atoms with van der Waals surface area (Å²) < 4.78 is 13.7. The average Bonchev–Trinajstić information content (AvgIpc) is 2.71. The van der Waals surface area contributed by atoms with Crippen LogP contribution in [0.15, 0.2) is 36.7 Å². The Morgan fingerprint density at radius 2 is 1.90 bits per heavy atom. The smallest absolute Gasteiger partial charge is 0.267 e. The number of amides is 2. The van der Waals surface area contributed by atoms with Gasteiger partial charge in [-0.1, -0.05) is 6.07 Å². The molecular weight excluding hydrogens is 261 g/mol. The lowest BCUT2D eigenvalue weighted by Gasteiger charge is -2.17. The molecule has 0 aliphatic carbocycles. The van der Waals surface area contributed by atoms with Crippen LogP contribution in [0.4, 0.5) is 10.1 Å². The van der Waals surface area contributed by atoms with Crippen molar-refractivity contribution in [1.29, 1.82) is 0 Å². The number of halogens is 1. The average molecular weight is 271 g/mol. The van der Waals surface area contributed by atoms with E-state index in [2.05, 4.69) is 4.98 Å². The number of carbonyl (C=O) groups is 2. The molecule has 0 saturated heterocycles. The van der Waals surface area contributed by atoms with Gasteiger partial charge in [0.25, 0.3) is 11.8 Å². The van der Waals surface area contributed by atoms with Crippen LogP contribution in [-0.4, -0.2) is 16.8 Å². The van der Waals surface area contributed by atoms with E-state index in [0.29, 0.717) is 0 Å². The lowest BCUT2D eigenvalue weighted by molar-refractivity contribution is 0.0926. The second-order valence-corrected chi connectivity index (χ2v) is 4.31. The third kappa shape index (κ3) is 1.62. The second kappa shape index (κ2) is 4.50. The molecule has 5 nitrogen and oxygen atoms in total. The van der Waals surface area contributed by atoms with E-state index in [1.165, 1.54) is 36.7 Å². The number of benzene rings is 1. The number of pyridine rings is 1. The van der Waals surface area contributed by atoms with Crippen LogP contribution in [0.25, 0.3) is 0 Å². The van der Waals surface area contributed by atoms with Crippen molar-refractivity contribution in [3.63, 3.8) is 0 Å². The SMILES string of the molecule is NCc1c(F)cccc1N1C(=O)c2ccncc2C1=O. The van der Waals surface area contributed by atoms with Crippen LogP contribution in [0.5, 0.6) is 0 Å². The van der Waals surface area contributed by atoms with Crippen molar-refractivity contribution >= 4 is 17.5 Å². The van der Waals surface area contributed by atoms with Crippen LogP contribution in [0.2, 0.25) is 0 Å². The number of imide groups is 1. The van der Waals surface area contributed by atoms with E-state index in [-0.39, 0.29) is 28.9 Å². The van der Waals surface area contributed by atoms with Crippen LogP contribution in [-0.2, 0) is 6.54 Å². The Labute approximate surface area is 113 Å². The van der Waals surface area contributed by atoms with E-state index in [1.807, 2.05) is 0 Å². The predicted molar refractivity (Wildman–Crippen MR) is 69.7 cm³/mol. The van der Waals surface area contributed by atoms with E-state index in [0.717, 1.165) is 4.90 Å². The van der Waals surface area contributed by atoms with Gasteiger partial charge in [-0.25, -0.2) is 9.29 Å². The van der Waals surface area contributed by atoms with Gasteiger partial charge in [-0.05, 0) is 18.2 Å². The highest BCUT2D eigenvalue weighted by molar-refractivity contribution is 6.34. The molecule has 1 aromatic carbocycles. The van der Waals surface area contributed by atoms with Crippen molar-refractivity contribution in [1.82, 2.24) is 4.98 Å². The fourth-order valence-electron chi connectivity index (χ4n) is 2.26. The molecular formula is C14H10FN3O2. The zero-order valence-corrected chi connectivity index (χ0v) is 10.3. The summed E-state index contributed by atoms with van der Waals surface area (Å²) in [7, 11) is 0. The van der Waals surface area contributed by atoms with Gasteiger partial charge in [0.1, 0.15) is 5.82 Å². The molecule has 3 rings (SSSR count). The van der Waals surface area contributed by atoms with E-state index in [1.54, 1.807) is 0 Å². The molecule has 1 aliphatic rings. The van der Waals surface area contributed by atoms with E-state index >= 15 is 0 Å². The Bertz CT molecular complexity index is 695. The summed E-state index contributed by atoms with van der Waals surface area (Å²) in [5.41, 5.74) is 6.30. The molecule has 0 unspecified atom stereocenters. The van der Waals surface area contributed by atoms with Crippen LogP contribution >= 0.6 is 0 Å². The van der Waals surface area contributed by atoms with Crippen LogP contribution in [0.1, 0.15) is 26.3 Å². The summed E-state index contributed by atoms with van der Waals surface area (Å²) >= 11 is 0. The molecule has 0 bridgehead atoms. The molecule has 0 saturated carbocycles. The zero-order valence-electron chi connectivity index (χ0n) is 10.3. The quantitative estimate of drug-likeness (QED) is 0.839. The molecule has 2 amide bonds. The number of hydrogen-bond acceptors (Lipinski definition) is 4. The lowest BCUT2D eigenvalue weighted by Crippen LogP contribution is -2.31. The van der Waals surface area contributed by atoms with E-state index in [4.69, 9.17) is 5.73 Å². The molecule has 20 heavy (non-hydrogen) atoms. The first-order valence-corrected chi connectivity index (χ1v) is 5.95. The number of aromatic nitrogens is 1. The van der Waals surface area contributed by atoms with Crippen molar-refractivity contribution in [3.8, 4) is 0 Å². The van der Waals surface area contributed by atoms with Gasteiger partial charge in [-0.15, -0.1) is 0 Å². The number of carbonyl (C=O) groups excluding carboxylic acids is 2. The monoisotopic (exact) mass is 271 g/mol. The Kier molecular flexibility index (Phi) is 2.80. The Morgan fingerprint density at radius 3 is 2.60 bits per heavy atom. The molecule has 1 aromatic heterocycles. The highest BCUT2D eigenvalue weighted by atomic mass is 19.1. The highest BCUT2D eigenvalue weighted by Gasteiger charge is 2.37. The van der Waals surface area contributed by atoms with E-state index in [9.17, 15) is 14.0 Å². The lowest BCUT2D eigenvalue weighted by atomic mass is 10.1. The predicted octanol–water partition coefficient (Wildman–Crippen LogP) is 1.48. The zero-order chi connectivity index (χ0) is 14.3. The molecule has 6 heteroatoms. The van der Waals surface area contributed by atoms with Gasteiger partial charge in [0.15, 0.2) is 0 Å². The first-order chi connectivity index (χ1) is 9.65. The normalized spacial score (nSPS) is 13.8. The molecule has 2 N–H and O–H groups in total. The number of nitrogens with zero attached hydrogens (tertiary/aromatic N) is 2. The highest BCUT2D eigenvalue weighted by Crippen LogP contribution is 2.31. The van der Waals surface area contributed by atoms with Crippen molar-refractivity contribution in [2.24, 2.45) is 5.73 Å². The summed E-state index contributed by atoms with van der Waals surface area (Å²) in [6.07, 6.45) is 2.76. The first kappa shape index (κ1) is 12.4. The van der Waals surface area contributed by atoms with Gasteiger partial charge in [0.2, 0.25) is 0 Å². The number of fused-ring (bicyclic) bond motifs is 1. The van der Waals surface area contributed by atoms with Gasteiger partial charge in [-0.3, -0.25) is 14.6 Å². The van der Waals surface area contributed by atoms with Crippen molar-refractivity contribution in [3.05, 3.63) is 59.2 Å². The van der Waals surface area contributed by atoms with Gasteiger partial charge < -0.3 is 5.73 Å². The first-order valence-electron chi connectivity index (χ1n) is 5.95. The minimum absolute atomic E-state index is 0.104. The van der Waals surface area contributed by atoms with Gasteiger partial charge >= 0.3 is 0 Å². The second-order valence-electron chi connectivity index (χ2n) is 4.31. The number of nitrogens with two attached hydrogens (primary N) is 1. The fourth-order valence-corrected chi connectivity index (χ4v) is 2.26. The Morgan fingerprint density at radius 1 is 1.15 bits per heavy atom. The standard InChI is InChI=1S/C14H10FN3O2/c15-11-2-1-3-12(9(11)6-16)18-13(19)8-4-5-17-7-10(8)14(18)20/h1-5,7H,6,16H2. The molecule has 100 valence electrons. The maximum Gasteiger partial charge on any atom is 0.267 e. The summed E-state index contributed by atoms with van der Waals surface area (Å²) in [5.74, 6) is -1.55. The van der Waals surface area contributed by atoms with Crippen LogP contribution < -0.4 is 10.6 Å². The molecule has 0 atom stereocenters. The summed E-state index contributed by atoms with van der Waals surface area (Å²) in [4.78, 5) is 29.4. The third-order valence-corrected chi connectivity index (χ3v) is 3.23. The summed E-state index contributed by atoms with van der Waals surface area (Å²) in [6, 6.07) is 5.65.